The summed E-state index contributed by atoms with van der Waals surface area (Å²) in [6.07, 6.45) is 10.4. The Labute approximate surface area is 192 Å². The van der Waals surface area contributed by atoms with Gasteiger partial charge in [-0.1, -0.05) is 6.07 Å². The number of hydrogen-bond acceptors (Lipinski definition) is 6. The molecule has 0 aliphatic heterocycles. The minimum atomic E-state index is -3.31. The lowest BCUT2D eigenvalue weighted by Gasteiger charge is -2.19. The number of phenols is 1. The predicted octanol–water partition coefficient (Wildman–Crippen LogP) is 3.61. The molecule has 0 fully saturated rings. The van der Waals surface area contributed by atoms with Gasteiger partial charge in [0.25, 0.3) is 0 Å². The van der Waals surface area contributed by atoms with E-state index in [1.807, 2.05) is 38.4 Å². The summed E-state index contributed by atoms with van der Waals surface area (Å²) >= 11 is 0. The first-order valence-corrected chi connectivity index (χ1v) is 12.5. The van der Waals surface area contributed by atoms with Crippen molar-refractivity contribution in [3.8, 4) is 17.5 Å². The molecule has 9 heteroatoms. The molecule has 0 saturated heterocycles. The fourth-order valence-corrected chi connectivity index (χ4v) is 5.40. The second-order valence-electron chi connectivity index (χ2n) is 8.30. The zero-order valence-corrected chi connectivity index (χ0v) is 19.6. The summed E-state index contributed by atoms with van der Waals surface area (Å²) in [4.78, 5) is 0.257. The van der Waals surface area contributed by atoms with E-state index in [9.17, 15) is 13.5 Å². The molecule has 5 rings (SSSR count). The number of aromatic nitrogens is 4. The molecular weight excluding hydrogens is 438 g/mol. The van der Waals surface area contributed by atoms with Crippen molar-refractivity contribution in [2.24, 2.45) is 7.05 Å². The number of fused-ring (bicyclic) bond motifs is 2. The molecule has 0 radical (unpaired) electrons. The van der Waals surface area contributed by atoms with E-state index in [-0.39, 0.29) is 16.2 Å². The first kappa shape index (κ1) is 22.6. The van der Waals surface area contributed by atoms with Crippen molar-refractivity contribution < 1.29 is 13.5 Å². The van der Waals surface area contributed by atoms with E-state index in [1.54, 1.807) is 33.9 Å². The van der Waals surface area contributed by atoms with E-state index in [0.717, 1.165) is 59.0 Å². The Morgan fingerprint density at radius 3 is 2.55 bits per heavy atom. The Morgan fingerprint density at radius 1 is 1.12 bits per heavy atom. The molecule has 2 aromatic heterocycles. The van der Waals surface area contributed by atoms with Crippen LogP contribution in [0.25, 0.3) is 16.6 Å². The van der Waals surface area contributed by atoms with Gasteiger partial charge in [-0.25, -0.2) is 13.1 Å². The second-order valence-corrected chi connectivity index (χ2v) is 10.2. The maximum absolute atomic E-state index is 11.7. The van der Waals surface area contributed by atoms with Gasteiger partial charge in [0.1, 0.15) is 17.5 Å². The van der Waals surface area contributed by atoms with Crippen molar-refractivity contribution in [2.75, 3.05) is 6.26 Å². The molecule has 2 aromatic carbocycles. The number of hydrogen-bond donors (Lipinski definition) is 1. The zero-order chi connectivity index (χ0) is 23.8. The monoisotopic (exact) mass is 463 g/mol. The molecular formula is C24H25N5O3S. The van der Waals surface area contributed by atoms with E-state index >= 15 is 0 Å². The second kappa shape index (κ2) is 8.71. The Hall–Kier alpha value is -3.64. The van der Waals surface area contributed by atoms with Crippen LogP contribution in [0.1, 0.15) is 35.1 Å². The lowest BCUT2D eigenvalue weighted by Crippen LogP contribution is -2.12. The molecule has 0 saturated carbocycles. The van der Waals surface area contributed by atoms with Gasteiger partial charge in [0.05, 0.1) is 34.6 Å². The number of rotatable bonds is 2. The highest BCUT2D eigenvalue weighted by atomic mass is 32.2. The highest BCUT2D eigenvalue weighted by molar-refractivity contribution is 7.90. The Bertz CT molecular complexity index is 1490. The quantitative estimate of drug-likeness (QED) is 0.486. The van der Waals surface area contributed by atoms with E-state index in [4.69, 9.17) is 5.26 Å². The molecule has 170 valence electrons. The van der Waals surface area contributed by atoms with Gasteiger partial charge in [-0.2, -0.15) is 15.5 Å². The highest BCUT2D eigenvalue weighted by Crippen LogP contribution is 2.30. The van der Waals surface area contributed by atoms with Crippen LogP contribution < -0.4 is 0 Å². The Morgan fingerprint density at radius 2 is 1.88 bits per heavy atom. The number of benzene rings is 2. The number of nitrogens with zero attached hydrogens (tertiary/aromatic N) is 5. The molecule has 1 aliphatic carbocycles. The van der Waals surface area contributed by atoms with Crippen LogP contribution in [-0.4, -0.2) is 39.3 Å². The molecule has 8 nitrogen and oxygen atoms in total. The van der Waals surface area contributed by atoms with Gasteiger partial charge in [0.2, 0.25) is 0 Å². The van der Waals surface area contributed by atoms with Gasteiger partial charge in [-0.15, -0.1) is 0 Å². The van der Waals surface area contributed by atoms with Crippen LogP contribution in [0.3, 0.4) is 0 Å². The van der Waals surface area contributed by atoms with Crippen molar-refractivity contribution in [1.29, 1.82) is 5.26 Å². The van der Waals surface area contributed by atoms with Crippen LogP contribution in [0, 0.1) is 18.3 Å². The normalized spacial score (nSPS) is 13.2. The first-order chi connectivity index (χ1) is 15.7. The number of sulfone groups is 1. The molecule has 4 aromatic rings. The molecule has 33 heavy (non-hydrogen) atoms. The SMILES string of the molecule is CS(=O)(=O)c1c(C#N)ccc2c1CCCC2.Cc1cc2cnn(-c3cnn(C)c3)c2cc1O. The summed E-state index contributed by atoms with van der Waals surface area (Å²) in [5.41, 5.74) is 4.84. The number of aromatic hydroxyl groups is 1. The van der Waals surface area contributed by atoms with Crippen LogP contribution in [0.2, 0.25) is 0 Å². The molecule has 0 bridgehead atoms. The topological polar surface area (TPSA) is 114 Å². The third-order valence-corrected chi connectivity index (χ3v) is 7.00. The highest BCUT2D eigenvalue weighted by Gasteiger charge is 2.22. The van der Waals surface area contributed by atoms with Crippen molar-refractivity contribution >= 4 is 20.7 Å². The standard InChI is InChI=1S/C12H12N4O.C12H13NO2S/c1-8-3-9-5-14-16(11(9)4-12(8)17)10-6-13-15(2)7-10;1-16(14,15)12-10(8-13)7-6-9-4-2-3-5-11(9)12/h3-7,17H,1-2H3;6-7H,2-5H2,1H3. The van der Waals surface area contributed by atoms with Crippen molar-refractivity contribution in [1.82, 2.24) is 19.6 Å². The van der Waals surface area contributed by atoms with Gasteiger partial charge in [0.15, 0.2) is 9.84 Å². The smallest absolute Gasteiger partial charge is 0.177 e. The summed E-state index contributed by atoms with van der Waals surface area (Å²) in [5.74, 6) is 0.281. The molecule has 1 aliphatic rings. The summed E-state index contributed by atoms with van der Waals surface area (Å²) in [6, 6.07) is 9.14. The molecule has 2 heterocycles. The summed E-state index contributed by atoms with van der Waals surface area (Å²) in [5, 5.41) is 28.1. The fourth-order valence-electron chi connectivity index (χ4n) is 4.21. The minimum absolute atomic E-state index is 0.257. The summed E-state index contributed by atoms with van der Waals surface area (Å²) in [6.45, 7) is 1.87. The Kier molecular flexibility index (Phi) is 5.95. The van der Waals surface area contributed by atoms with Crippen LogP contribution >= 0.6 is 0 Å². The number of aryl methyl sites for hydroxylation is 3. The van der Waals surface area contributed by atoms with E-state index < -0.39 is 9.84 Å². The van der Waals surface area contributed by atoms with Crippen molar-refractivity contribution in [3.63, 3.8) is 0 Å². The molecule has 0 spiro atoms. The van der Waals surface area contributed by atoms with Gasteiger partial charge >= 0.3 is 0 Å². The average Bonchev–Trinajstić information content (AvgIpc) is 3.38. The van der Waals surface area contributed by atoms with Crippen molar-refractivity contribution in [2.45, 2.75) is 37.5 Å². The van der Waals surface area contributed by atoms with E-state index in [1.165, 1.54) is 6.26 Å². The van der Waals surface area contributed by atoms with Crippen molar-refractivity contribution in [3.05, 3.63) is 65.1 Å². The van der Waals surface area contributed by atoms with Crippen LogP contribution in [0.4, 0.5) is 0 Å². The number of nitriles is 1. The first-order valence-electron chi connectivity index (χ1n) is 10.6. The van der Waals surface area contributed by atoms with Gasteiger partial charge in [-0.05, 0) is 61.4 Å². The van der Waals surface area contributed by atoms with Crippen LogP contribution in [0.15, 0.2) is 47.8 Å². The summed E-state index contributed by atoms with van der Waals surface area (Å²) in [7, 11) is -1.45. The third-order valence-electron chi connectivity index (χ3n) is 5.79. The lowest BCUT2D eigenvalue weighted by atomic mass is 9.90. The number of phenolic OH excluding ortho intramolecular Hbond substituents is 1. The summed E-state index contributed by atoms with van der Waals surface area (Å²) < 4.78 is 27.0. The molecule has 1 N–H and O–H groups in total. The maximum atomic E-state index is 11.7. The van der Waals surface area contributed by atoms with E-state index in [2.05, 4.69) is 10.2 Å². The molecule has 0 unspecified atom stereocenters. The molecule has 0 atom stereocenters. The molecule has 0 amide bonds. The average molecular weight is 464 g/mol. The van der Waals surface area contributed by atoms with Gasteiger partial charge in [-0.3, -0.25) is 4.68 Å². The maximum Gasteiger partial charge on any atom is 0.177 e. The fraction of sp³-hybridized carbons (Fsp3) is 0.292. The Balaban J connectivity index is 0.000000157. The van der Waals surface area contributed by atoms with Gasteiger partial charge in [0, 0.05) is 24.8 Å². The third kappa shape index (κ3) is 4.47. The predicted molar refractivity (Wildman–Crippen MR) is 125 cm³/mol. The van der Waals surface area contributed by atoms with Gasteiger partial charge < -0.3 is 5.11 Å². The van der Waals surface area contributed by atoms with Crippen LogP contribution in [0.5, 0.6) is 5.75 Å². The lowest BCUT2D eigenvalue weighted by molar-refractivity contribution is 0.472. The van der Waals surface area contributed by atoms with Crippen LogP contribution in [-0.2, 0) is 29.7 Å². The zero-order valence-electron chi connectivity index (χ0n) is 18.8. The largest absolute Gasteiger partial charge is 0.508 e. The minimum Gasteiger partial charge on any atom is -0.508 e. The van der Waals surface area contributed by atoms with E-state index in [0.29, 0.717) is 0 Å².